The Bertz CT molecular complexity index is 439. The number of aryl methyl sites for hydroxylation is 1. The van der Waals surface area contributed by atoms with Crippen molar-refractivity contribution in [1.82, 2.24) is 4.90 Å². The number of ketones is 1. The van der Waals surface area contributed by atoms with Crippen LogP contribution in [0.25, 0.3) is 0 Å². The van der Waals surface area contributed by atoms with Crippen LogP contribution in [0.5, 0.6) is 0 Å². The molecule has 0 spiro atoms. The predicted molar refractivity (Wildman–Crippen MR) is 75.3 cm³/mol. The van der Waals surface area contributed by atoms with Crippen molar-refractivity contribution in [2.24, 2.45) is 5.92 Å². The number of hydrogen-bond acceptors (Lipinski definition) is 3. The Morgan fingerprint density at radius 3 is 2.94 bits per heavy atom. The van der Waals surface area contributed by atoms with Crippen molar-refractivity contribution in [2.45, 2.75) is 45.1 Å². The minimum Gasteiger partial charge on any atom is -0.293 e. The van der Waals surface area contributed by atoms with Crippen LogP contribution in [0.4, 0.5) is 0 Å². The maximum atomic E-state index is 12.3. The summed E-state index contributed by atoms with van der Waals surface area (Å²) in [5, 5.41) is 0. The topological polar surface area (TPSA) is 20.3 Å². The Morgan fingerprint density at radius 1 is 1.33 bits per heavy atom. The highest BCUT2D eigenvalue weighted by Gasteiger charge is 2.35. The Balaban J connectivity index is 1.66. The van der Waals surface area contributed by atoms with Gasteiger partial charge in [0.05, 0.1) is 11.4 Å². The van der Waals surface area contributed by atoms with Gasteiger partial charge in [-0.3, -0.25) is 9.69 Å². The maximum absolute atomic E-state index is 12.3. The van der Waals surface area contributed by atoms with E-state index in [0.717, 1.165) is 17.3 Å². The lowest BCUT2D eigenvalue weighted by atomic mass is 9.92. The quantitative estimate of drug-likeness (QED) is 0.778. The predicted octanol–water partition coefficient (Wildman–Crippen LogP) is 3.50. The van der Waals surface area contributed by atoms with E-state index in [4.69, 9.17) is 0 Å². The molecule has 1 aliphatic carbocycles. The van der Waals surface area contributed by atoms with Crippen molar-refractivity contribution in [3.8, 4) is 0 Å². The summed E-state index contributed by atoms with van der Waals surface area (Å²) in [6, 6.07) is 4.73. The second kappa shape index (κ2) is 5.14. The van der Waals surface area contributed by atoms with Gasteiger partial charge in [-0.2, -0.15) is 0 Å². The lowest BCUT2D eigenvalue weighted by Crippen LogP contribution is -2.44. The first kappa shape index (κ1) is 12.4. The molecule has 2 heterocycles. The van der Waals surface area contributed by atoms with E-state index >= 15 is 0 Å². The minimum absolute atomic E-state index is 0.320. The van der Waals surface area contributed by atoms with E-state index in [0.29, 0.717) is 18.4 Å². The molecule has 1 saturated carbocycles. The van der Waals surface area contributed by atoms with E-state index in [1.807, 2.05) is 12.1 Å². The third-order valence-corrected chi connectivity index (χ3v) is 5.51. The summed E-state index contributed by atoms with van der Waals surface area (Å²) in [5.74, 6) is 1.19. The van der Waals surface area contributed by atoms with Crippen molar-refractivity contribution in [1.29, 1.82) is 0 Å². The molecule has 1 aromatic heterocycles. The van der Waals surface area contributed by atoms with Crippen LogP contribution >= 0.6 is 11.3 Å². The molecule has 1 aliphatic heterocycles. The van der Waals surface area contributed by atoms with E-state index in [2.05, 4.69) is 11.8 Å². The number of fused-ring (bicyclic) bond motifs is 1. The Kier molecular flexibility index (Phi) is 3.53. The number of hydrogen-bond donors (Lipinski definition) is 0. The van der Waals surface area contributed by atoms with Gasteiger partial charge in [-0.05, 0) is 57.2 Å². The molecule has 18 heavy (non-hydrogen) atoms. The molecule has 2 atom stereocenters. The van der Waals surface area contributed by atoms with Gasteiger partial charge in [-0.25, -0.2) is 0 Å². The van der Waals surface area contributed by atoms with Crippen LogP contribution < -0.4 is 0 Å². The molecule has 0 aromatic carbocycles. The standard InChI is InChI=1S/C15H21NOS/c1-11-7-8-15(18-11)14(17)10-16-9-3-5-12-4-2-6-13(12)16/h7-8,12-13H,2-6,9-10H2,1H3. The van der Waals surface area contributed by atoms with Crippen molar-refractivity contribution in [3.63, 3.8) is 0 Å². The number of Topliss-reactive ketones (excluding diaryl/α,β-unsaturated/α-hetero) is 1. The lowest BCUT2D eigenvalue weighted by molar-refractivity contribution is 0.0780. The van der Waals surface area contributed by atoms with Crippen molar-refractivity contribution < 1.29 is 4.79 Å². The molecular weight excluding hydrogens is 242 g/mol. The average Bonchev–Trinajstić information content (AvgIpc) is 2.97. The molecule has 2 nitrogen and oxygen atoms in total. The molecule has 3 heteroatoms. The second-order valence-electron chi connectivity index (χ2n) is 5.70. The average molecular weight is 263 g/mol. The Morgan fingerprint density at radius 2 is 2.17 bits per heavy atom. The van der Waals surface area contributed by atoms with Gasteiger partial charge >= 0.3 is 0 Å². The van der Waals surface area contributed by atoms with Crippen LogP contribution in [0.15, 0.2) is 12.1 Å². The zero-order chi connectivity index (χ0) is 12.5. The highest BCUT2D eigenvalue weighted by molar-refractivity contribution is 7.14. The molecule has 2 unspecified atom stereocenters. The van der Waals surface area contributed by atoms with E-state index in [9.17, 15) is 4.79 Å². The monoisotopic (exact) mass is 263 g/mol. The van der Waals surface area contributed by atoms with Gasteiger partial charge in [-0.15, -0.1) is 11.3 Å². The largest absolute Gasteiger partial charge is 0.293 e. The number of nitrogens with zero attached hydrogens (tertiary/aromatic N) is 1. The molecular formula is C15H21NOS. The van der Waals surface area contributed by atoms with Gasteiger partial charge in [0.1, 0.15) is 0 Å². The van der Waals surface area contributed by atoms with Gasteiger partial charge < -0.3 is 0 Å². The number of thiophene rings is 1. The summed E-state index contributed by atoms with van der Waals surface area (Å²) in [7, 11) is 0. The smallest absolute Gasteiger partial charge is 0.186 e. The van der Waals surface area contributed by atoms with Crippen molar-refractivity contribution >= 4 is 17.1 Å². The summed E-state index contributed by atoms with van der Waals surface area (Å²) >= 11 is 1.63. The lowest BCUT2D eigenvalue weighted by Gasteiger charge is -2.37. The fourth-order valence-corrected chi connectivity index (χ4v) is 4.40. The Labute approximate surface area is 113 Å². The molecule has 1 saturated heterocycles. The molecule has 2 aliphatic rings. The van der Waals surface area contributed by atoms with Crippen LogP contribution in [-0.2, 0) is 0 Å². The third-order valence-electron chi connectivity index (χ3n) is 4.47. The fraction of sp³-hybridized carbons (Fsp3) is 0.667. The zero-order valence-corrected chi connectivity index (χ0v) is 11.8. The first-order valence-corrected chi connectivity index (χ1v) is 7.89. The minimum atomic E-state index is 0.320. The van der Waals surface area contributed by atoms with Crippen molar-refractivity contribution in [2.75, 3.05) is 13.1 Å². The van der Waals surface area contributed by atoms with E-state index in [1.54, 1.807) is 11.3 Å². The molecule has 1 aromatic rings. The first-order valence-electron chi connectivity index (χ1n) is 7.08. The van der Waals surface area contributed by atoms with Gasteiger partial charge in [0.25, 0.3) is 0 Å². The highest BCUT2D eigenvalue weighted by Crippen LogP contribution is 2.36. The molecule has 98 valence electrons. The van der Waals surface area contributed by atoms with E-state index in [-0.39, 0.29) is 0 Å². The zero-order valence-electron chi connectivity index (χ0n) is 11.0. The van der Waals surface area contributed by atoms with Crippen LogP contribution in [0.3, 0.4) is 0 Å². The molecule has 0 N–H and O–H groups in total. The summed E-state index contributed by atoms with van der Waals surface area (Å²) in [6.45, 7) is 3.83. The van der Waals surface area contributed by atoms with Gasteiger partial charge in [0.2, 0.25) is 0 Å². The van der Waals surface area contributed by atoms with E-state index < -0.39 is 0 Å². The summed E-state index contributed by atoms with van der Waals surface area (Å²) in [4.78, 5) is 16.9. The number of likely N-dealkylation sites (tertiary alicyclic amines) is 1. The molecule has 0 amide bonds. The molecule has 0 radical (unpaired) electrons. The highest BCUT2D eigenvalue weighted by atomic mass is 32.1. The third kappa shape index (κ3) is 2.39. The number of carbonyl (C=O) groups is 1. The summed E-state index contributed by atoms with van der Waals surface area (Å²) in [5.41, 5.74) is 0. The number of carbonyl (C=O) groups excluding carboxylic acids is 1. The first-order chi connectivity index (χ1) is 8.74. The maximum Gasteiger partial charge on any atom is 0.186 e. The van der Waals surface area contributed by atoms with Crippen LogP contribution in [-0.4, -0.2) is 29.8 Å². The molecule has 3 rings (SSSR count). The Hall–Kier alpha value is -0.670. The van der Waals surface area contributed by atoms with Gasteiger partial charge in [0, 0.05) is 10.9 Å². The normalized spacial score (nSPS) is 28.3. The number of rotatable bonds is 3. The van der Waals surface area contributed by atoms with Crippen LogP contribution in [0.1, 0.15) is 46.7 Å². The SMILES string of the molecule is Cc1ccc(C(=O)CN2CCCC3CCCC32)s1. The van der Waals surface area contributed by atoms with Crippen LogP contribution in [0.2, 0.25) is 0 Å². The second-order valence-corrected chi connectivity index (χ2v) is 6.99. The summed E-state index contributed by atoms with van der Waals surface area (Å²) < 4.78 is 0. The molecule has 0 bridgehead atoms. The van der Waals surface area contributed by atoms with Crippen molar-refractivity contribution in [3.05, 3.63) is 21.9 Å². The van der Waals surface area contributed by atoms with Gasteiger partial charge in [0.15, 0.2) is 5.78 Å². The van der Waals surface area contributed by atoms with Crippen LogP contribution in [0, 0.1) is 12.8 Å². The fourth-order valence-electron chi connectivity index (χ4n) is 3.60. The number of piperidine rings is 1. The summed E-state index contributed by atoms with van der Waals surface area (Å²) in [6.07, 6.45) is 6.71. The van der Waals surface area contributed by atoms with Gasteiger partial charge in [-0.1, -0.05) is 6.42 Å². The van der Waals surface area contributed by atoms with E-state index in [1.165, 1.54) is 37.0 Å². The molecule has 2 fully saturated rings.